The Labute approximate surface area is 244 Å². The molecule has 0 saturated heterocycles. The zero-order valence-electron chi connectivity index (χ0n) is 22.8. The van der Waals surface area contributed by atoms with Gasteiger partial charge in [0.2, 0.25) is 5.95 Å². The number of hydrogen-bond donors (Lipinski definition) is 0. The second-order valence-electron chi connectivity index (χ2n) is 11.0. The number of furan rings is 2. The molecule has 0 bridgehead atoms. The molecule has 0 amide bonds. The maximum absolute atomic E-state index is 6.54. The number of aromatic nitrogens is 3. The molecule has 43 heavy (non-hydrogen) atoms. The number of rotatable bonds is 2. The van der Waals surface area contributed by atoms with Crippen molar-refractivity contribution in [3.05, 3.63) is 127 Å². The summed E-state index contributed by atoms with van der Waals surface area (Å²) < 4.78 is 15.0. The molecule has 10 rings (SSSR count). The standard InChI is InChI=1S/C38H21N3O2/c1-2-10-22(11-3-1)35-37-36(27-20-23-12-4-5-13-24(23)21-32(27)43-37)40-38(39-35)41-28-16-8-6-14-25(28)33-29(41)18-19-31-34(33)26-15-7-9-17-30(26)42-31/h1-21H. The highest BCUT2D eigenvalue weighted by Gasteiger charge is 2.23. The molecule has 0 aliphatic carbocycles. The van der Waals surface area contributed by atoms with Gasteiger partial charge in [-0.25, -0.2) is 9.97 Å². The van der Waals surface area contributed by atoms with Crippen LogP contribution in [0.15, 0.2) is 136 Å². The average Bonchev–Trinajstić information content (AvgIpc) is 3.72. The van der Waals surface area contributed by atoms with Crippen LogP contribution in [0.5, 0.6) is 0 Å². The lowest BCUT2D eigenvalue weighted by Crippen LogP contribution is -2.02. The van der Waals surface area contributed by atoms with Crippen molar-refractivity contribution in [3.8, 4) is 17.2 Å². The summed E-state index contributed by atoms with van der Waals surface area (Å²) in [6.45, 7) is 0. The van der Waals surface area contributed by atoms with E-state index in [0.29, 0.717) is 11.5 Å². The van der Waals surface area contributed by atoms with Crippen molar-refractivity contribution in [2.75, 3.05) is 0 Å². The van der Waals surface area contributed by atoms with Gasteiger partial charge in [-0.05, 0) is 47.2 Å². The molecule has 0 spiro atoms. The highest BCUT2D eigenvalue weighted by Crippen LogP contribution is 2.42. The molecule has 6 aromatic carbocycles. The van der Waals surface area contributed by atoms with Crippen molar-refractivity contribution in [3.63, 3.8) is 0 Å². The number of nitrogens with zero attached hydrogens (tertiary/aromatic N) is 3. The van der Waals surface area contributed by atoms with E-state index in [1.165, 1.54) is 0 Å². The summed E-state index contributed by atoms with van der Waals surface area (Å²) >= 11 is 0. The molecule has 0 fully saturated rings. The molecule has 0 radical (unpaired) electrons. The second kappa shape index (κ2) is 8.30. The minimum Gasteiger partial charge on any atom is -0.456 e. The van der Waals surface area contributed by atoms with E-state index >= 15 is 0 Å². The lowest BCUT2D eigenvalue weighted by molar-refractivity contribution is 0.667. The van der Waals surface area contributed by atoms with Crippen LogP contribution in [0.4, 0.5) is 0 Å². The molecular weight excluding hydrogens is 530 g/mol. The van der Waals surface area contributed by atoms with Gasteiger partial charge < -0.3 is 8.83 Å². The fourth-order valence-electron chi connectivity index (χ4n) is 6.70. The summed E-state index contributed by atoms with van der Waals surface area (Å²) in [5, 5.41) is 7.70. The van der Waals surface area contributed by atoms with Crippen LogP contribution in [0.1, 0.15) is 0 Å². The molecular formula is C38H21N3O2. The van der Waals surface area contributed by atoms with Gasteiger partial charge in [-0.3, -0.25) is 4.57 Å². The van der Waals surface area contributed by atoms with Crippen molar-refractivity contribution < 1.29 is 8.83 Å². The average molecular weight is 552 g/mol. The van der Waals surface area contributed by atoms with Gasteiger partial charge in [0, 0.05) is 32.5 Å². The molecule has 0 aliphatic heterocycles. The maximum atomic E-state index is 6.54. The lowest BCUT2D eigenvalue weighted by Gasteiger charge is -2.09. The van der Waals surface area contributed by atoms with Gasteiger partial charge in [0.1, 0.15) is 28.0 Å². The first kappa shape index (κ1) is 22.7. The number of fused-ring (bicyclic) bond motifs is 11. The summed E-state index contributed by atoms with van der Waals surface area (Å²) in [7, 11) is 0. The summed E-state index contributed by atoms with van der Waals surface area (Å²) in [4.78, 5) is 10.5. The first-order valence-electron chi connectivity index (χ1n) is 14.3. The van der Waals surface area contributed by atoms with Crippen LogP contribution in [0, 0.1) is 0 Å². The van der Waals surface area contributed by atoms with Crippen LogP contribution in [0.3, 0.4) is 0 Å². The summed E-state index contributed by atoms with van der Waals surface area (Å²) in [6.07, 6.45) is 0. The fraction of sp³-hybridized carbons (Fsp3) is 0. The molecule has 0 saturated carbocycles. The highest BCUT2D eigenvalue weighted by atomic mass is 16.3. The van der Waals surface area contributed by atoms with E-state index in [1.54, 1.807) is 0 Å². The monoisotopic (exact) mass is 551 g/mol. The van der Waals surface area contributed by atoms with Crippen molar-refractivity contribution in [1.29, 1.82) is 0 Å². The third kappa shape index (κ3) is 3.11. The molecule has 0 N–H and O–H groups in total. The van der Waals surface area contributed by atoms with Gasteiger partial charge in [-0.2, -0.15) is 0 Å². The summed E-state index contributed by atoms with van der Waals surface area (Å²) in [5.41, 5.74) is 7.82. The smallest absolute Gasteiger partial charge is 0.236 e. The SMILES string of the molecule is c1ccc(-c2nc(-n3c4ccccc4c4c5c(ccc43)oc3ccccc35)nc3c2oc2cc4ccccc4cc23)cc1. The normalized spacial score (nSPS) is 12.2. The number of hydrogen-bond acceptors (Lipinski definition) is 4. The molecule has 0 atom stereocenters. The van der Waals surface area contributed by atoms with Crippen LogP contribution in [-0.4, -0.2) is 14.5 Å². The zero-order valence-corrected chi connectivity index (χ0v) is 22.8. The van der Waals surface area contributed by atoms with E-state index in [1.807, 2.05) is 36.4 Å². The van der Waals surface area contributed by atoms with Crippen LogP contribution in [0.25, 0.3) is 93.8 Å². The Balaban J connectivity index is 1.38. The van der Waals surface area contributed by atoms with E-state index in [-0.39, 0.29) is 0 Å². The van der Waals surface area contributed by atoms with E-state index in [2.05, 4.69) is 95.6 Å². The predicted octanol–water partition coefficient (Wildman–Crippen LogP) is 10.2. The van der Waals surface area contributed by atoms with Crippen molar-refractivity contribution in [2.24, 2.45) is 0 Å². The quantitative estimate of drug-likeness (QED) is 0.214. The maximum Gasteiger partial charge on any atom is 0.236 e. The van der Waals surface area contributed by atoms with Gasteiger partial charge >= 0.3 is 0 Å². The van der Waals surface area contributed by atoms with Crippen LogP contribution >= 0.6 is 0 Å². The van der Waals surface area contributed by atoms with Gasteiger partial charge in [-0.1, -0.05) is 91.0 Å². The van der Waals surface area contributed by atoms with Gasteiger partial charge in [0.25, 0.3) is 0 Å². The first-order chi connectivity index (χ1) is 21.3. The minimum absolute atomic E-state index is 0.598. The Bertz CT molecular complexity index is 2730. The fourth-order valence-corrected chi connectivity index (χ4v) is 6.70. The van der Waals surface area contributed by atoms with E-state index in [0.717, 1.165) is 82.3 Å². The zero-order chi connectivity index (χ0) is 28.1. The third-order valence-electron chi connectivity index (χ3n) is 8.59. The van der Waals surface area contributed by atoms with Crippen molar-refractivity contribution in [1.82, 2.24) is 14.5 Å². The molecule has 0 aliphatic rings. The van der Waals surface area contributed by atoms with Gasteiger partial charge in [-0.15, -0.1) is 0 Å². The molecule has 5 heteroatoms. The molecule has 0 unspecified atom stereocenters. The van der Waals surface area contributed by atoms with Gasteiger partial charge in [0.15, 0.2) is 5.58 Å². The lowest BCUT2D eigenvalue weighted by atomic mass is 10.1. The second-order valence-corrected chi connectivity index (χ2v) is 11.0. The Morgan fingerprint density at radius 2 is 1.23 bits per heavy atom. The molecule has 4 aromatic heterocycles. The third-order valence-corrected chi connectivity index (χ3v) is 8.59. The van der Waals surface area contributed by atoms with Crippen molar-refractivity contribution >= 4 is 76.6 Å². The molecule has 10 aromatic rings. The van der Waals surface area contributed by atoms with Crippen molar-refractivity contribution in [2.45, 2.75) is 0 Å². The molecule has 4 heterocycles. The van der Waals surface area contributed by atoms with Gasteiger partial charge in [0.05, 0.1) is 11.0 Å². The first-order valence-corrected chi connectivity index (χ1v) is 14.3. The summed E-state index contributed by atoms with van der Waals surface area (Å²) in [5.74, 6) is 0.598. The van der Waals surface area contributed by atoms with Crippen LogP contribution < -0.4 is 0 Å². The largest absolute Gasteiger partial charge is 0.456 e. The van der Waals surface area contributed by atoms with Crippen LogP contribution in [-0.2, 0) is 0 Å². The Kier molecular flexibility index (Phi) is 4.39. The molecule has 5 nitrogen and oxygen atoms in total. The van der Waals surface area contributed by atoms with E-state index in [9.17, 15) is 0 Å². The number of para-hydroxylation sites is 2. The predicted molar refractivity (Wildman–Crippen MR) is 174 cm³/mol. The Morgan fingerprint density at radius 3 is 2.12 bits per heavy atom. The molecule has 200 valence electrons. The van der Waals surface area contributed by atoms with E-state index < -0.39 is 0 Å². The topological polar surface area (TPSA) is 57.0 Å². The minimum atomic E-state index is 0.598. The highest BCUT2D eigenvalue weighted by molar-refractivity contribution is 6.27. The Hall–Kier alpha value is -5.94. The number of benzene rings is 6. The summed E-state index contributed by atoms with van der Waals surface area (Å²) in [6, 6.07) is 43.7. The Morgan fingerprint density at radius 1 is 0.488 bits per heavy atom. The van der Waals surface area contributed by atoms with Crippen LogP contribution in [0.2, 0.25) is 0 Å². The van der Waals surface area contributed by atoms with E-state index in [4.69, 9.17) is 18.8 Å².